The van der Waals surface area contributed by atoms with Crippen LogP contribution in [0.25, 0.3) is 10.4 Å². The van der Waals surface area contributed by atoms with Gasteiger partial charge in [-0.15, -0.1) is 16.4 Å². The van der Waals surface area contributed by atoms with Gasteiger partial charge in [-0.2, -0.15) is 0 Å². The predicted octanol–water partition coefficient (Wildman–Crippen LogP) is 5.29. The molecule has 396 valence electrons. The number of carbonyl (C=O) groups is 3. The second-order valence-electron chi connectivity index (χ2n) is 20.9. The molecule has 0 aliphatic carbocycles. The van der Waals surface area contributed by atoms with E-state index >= 15 is 0 Å². The molecule has 0 unspecified atom stereocenters. The third-order valence-electron chi connectivity index (χ3n) is 15.1. The van der Waals surface area contributed by atoms with Gasteiger partial charge in [-0.1, -0.05) is 66.7 Å². The number of β-amino-alcohol motifs (C(OH)–C–C–N with tert-alkyl or cyclic N) is 1. The van der Waals surface area contributed by atoms with Crippen molar-refractivity contribution in [2.24, 2.45) is 17.6 Å². The highest BCUT2D eigenvalue weighted by Crippen LogP contribution is 2.39. The summed E-state index contributed by atoms with van der Waals surface area (Å²) >= 11 is 10.0. The first-order valence-corrected chi connectivity index (χ1v) is 27.9. The quantitative estimate of drug-likeness (QED) is 0.0985. The fraction of sp³-hybridized carbons (Fsp3) is 0.558. The molecule has 5 N–H and O–H groups in total. The Labute approximate surface area is 446 Å². The highest BCUT2D eigenvalue weighted by Gasteiger charge is 2.43. The number of hydrogen-bond donors (Lipinski definition) is 4. The Morgan fingerprint density at radius 1 is 0.959 bits per heavy atom. The number of nitrogens with one attached hydrogen (secondary N) is 1. The summed E-state index contributed by atoms with van der Waals surface area (Å²) in [5.74, 6) is 0.703. The molecule has 4 aliphatic heterocycles. The van der Waals surface area contributed by atoms with Crippen LogP contribution in [-0.2, 0) is 21.0 Å². The minimum Gasteiger partial charge on any atom is -0.391 e. The van der Waals surface area contributed by atoms with Crippen LogP contribution in [-0.4, -0.2) is 161 Å². The Morgan fingerprint density at radius 3 is 2.32 bits per heavy atom. The van der Waals surface area contributed by atoms with Crippen LogP contribution in [0.1, 0.15) is 94.0 Å². The monoisotopic (exact) mass is 1070 g/mol. The zero-order valence-electron chi connectivity index (χ0n) is 42.9. The third kappa shape index (κ3) is 12.2. The van der Waals surface area contributed by atoms with Crippen molar-refractivity contribution in [1.82, 2.24) is 54.9 Å². The molecule has 4 fully saturated rings. The fourth-order valence-corrected chi connectivity index (χ4v) is 12.7. The summed E-state index contributed by atoms with van der Waals surface area (Å²) in [6, 6.07) is 8.16. The number of halogens is 1. The number of piperazine rings is 1. The number of aryl methyl sites for hydroxylation is 2. The first kappa shape index (κ1) is 53.5. The van der Waals surface area contributed by atoms with Crippen LogP contribution in [0.4, 0.5) is 11.6 Å². The van der Waals surface area contributed by atoms with E-state index < -0.39 is 18.2 Å². The molecular weight excluding hydrogens is 1000 g/mol. The molecule has 4 atom stereocenters. The van der Waals surface area contributed by atoms with Crippen LogP contribution in [0.15, 0.2) is 64.4 Å². The molecule has 19 nitrogen and oxygen atoms in total. The van der Waals surface area contributed by atoms with Crippen molar-refractivity contribution in [3.63, 3.8) is 0 Å². The SMILES string of the molecule is Cc1cn([C@H](C(=O)N2C[C@H](O)C[C@H]2C(=O)N[C@@H](CCN2CCN(C(=O)C3CCN(c4nccc(Sc5cnc(N6CCC(C)(N)CC6)c(CO)n5)c4Cl)CC3)CC2)c2ccc(-c3scnc3C)cc2)C(C)C)nn1. The number of nitrogens with zero attached hydrogens (tertiary/aromatic N) is 12. The van der Waals surface area contributed by atoms with E-state index in [-0.39, 0.29) is 60.7 Å². The molecule has 0 saturated carbocycles. The summed E-state index contributed by atoms with van der Waals surface area (Å²) in [4.78, 5) is 73.2. The van der Waals surface area contributed by atoms with E-state index in [4.69, 9.17) is 27.3 Å². The van der Waals surface area contributed by atoms with Gasteiger partial charge in [-0.3, -0.25) is 19.3 Å². The molecule has 4 saturated heterocycles. The van der Waals surface area contributed by atoms with Crippen LogP contribution < -0.4 is 20.9 Å². The van der Waals surface area contributed by atoms with E-state index in [2.05, 4.69) is 59.4 Å². The van der Waals surface area contributed by atoms with Crippen molar-refractivity contribution in [3.8, 4) is 10.4 Å². The number of carbonyl (C=O) groups excluding carboxylic acids is 3. The zero-order chi connectivity index (χ0) is 52.3. The van der Waals surface area contributed by atoms with Gasteiger partial charge in [0.25, 0.3) is 0 Å². The number of nitrogens with two attached hydrogens (primary N) is 1. The van der Waals surface area contributed by atoms with E-state index in [0.29, 0.717) is 98.1 Å². The number of aliphatic hydroxyl groups excluding tert-OH is 2. The number of aliphatic hydroxyl groups is 2. The van der Waals surface area contributed by atoms with Gasteiger partial charge in [0.05, 0.1) is 51.7 Å². The van der Waals surface area contributed by atoms with E-state index in [1.807, 2.05) is 56.3 Å². The Hall–Kier alpha value is -5.29. The number of benzene rings is 1. The van der Waals surface area contributed by atoms with Crippen molar-refractivity contribution < 1.29 is 24.6 Å². The maximum Gasteiger partial charge on any atom is 0.248 e. The third-order valence-corrected chi connectivity index (χ3v) is 17.5. The van der Waals surface area contributed by atoms with Gasteiger partial charge in [0, 0.05) is 101 Å². The Balaban J connectivity index is 0.795. The summed E-state index contributed by atoms with van der Waals surface area (Å²) in [5.41, 5.74) is 12.1. The van der Waals surface area contributed by atoms with E-state index in [0.717, 1.165) is 52.5 Å². The topological polar surface area (TPSA) is 228 Å². The maximum atomic E-state index is 14.4. The van der Waals surface area contributed by atoms with Crippen LogP contribution in [0.3, 0.4) is 0 Å². The van der Waals surface area contributed by atoms with Crippen molar-refractivity contribution in [2.75, 3.05) is 75.2 Å². The lowest BCUT2D eigenvalue weighted by Gasteiger charge is -2.39. The molecule has 0 radical (unpaired) electrons. The molecule has 4 aromatic heterocycles. The number of thiazole rings is 1. The standard InChI is InChI=1S/C52H69ClN14O5S2/c1-32(2)45(67-28-33(3)60-61-67)51(72)66-29-38(69)26-41(66)49(70)59-39(35-6-8-36(9-7-35)46-34(4)57-31-73-46)13-17-62-22-24-65(25-23-62)50(71)37-11-18-63(19-12-37)48-44(53)42(10-16-55-48)74-43-27-56-47(40(30-68)58-43)64-20-14-52(5,54)15-21-64/h6-10,16,27-28,31-32,37-39,41,45,68-69H,11-15,17-26,29-30,54H2,1-5H3,(H,59,70)/t38-,39+,41+,45+/m1/s1. The number of rotatable bonds is 16. The molecule has 0 bridgehead atoms. The minimum atomic E-state index is -0.857. The fourth-order valence-electron chi connectivity index (χ4n) is 10.7. The number of amides is 3. The van der Waals surface area contributed by atoms with Crippen molar-refractivity contribution in [2.45, 2.75) is 119 Å². The maximum absolute atomic E-state index is 14.4. The lowest BCUT2D eigenvalue weighted by Crippen LogP contribution is -2.52. The summed E-state index contributed by atoms with van der Waals surface area (Å²) < 4.78 is 1.56. The number of anilines is 2. The van der Waals surface area contributed by atoms with Gasteiger partial charge < -0.3 is 40.9 Å². The second-order valence-corrected chi connectivity index (χ2v) is 23.2. The number of aromatic nitrogens is 7. The molecule has 9 rings (SSSR count). The molecule has 22 heteroatoms. The molecule has 3 amide bonds. The predicted molar refractivity (Wildman–Crippen MR) is 286 cm³/mol. The van der Waals surface area contributed by atoms with E-state index in [1.165, 1.54) is 16.7 Å². The number of pyridine rings is 1. The average molecular weight is 1070 g/mol. The van der Waals surface area contributed by atoms with Crippen molar-refractivity contribution in [3.05, 3.63) is 82.1 Å². The lowest BCUT2D eigenvalue weighted by atomic mass is 9.91. The van der Waals surface area contributed by atoms with Gasteiger partial charge in [-0.05, 0) is 76.0 Å². The van der Waals surface area contributed by atoms with E-state index in [1.54, 1.807) is 34.6 Å². The van der Waals surface area contributed by atoms with E-state index in [9.17, 15) is 24.6 Å². The van der Waals surface area contributed by atoms with Gasteiger partial charge in [0.1, 0.15) is 28.6 Å². The van der Waals surface area contributed by atoms with Gasteiger partial charge in [-0.25, -0.2) is 24.6 Å². The summed E-state index contributed by atoms with van der Waals surface area (Å²) in [6.07, 6.45) is 8.12. The highest BCUT2D eigenvalue weighted by atomic mass is 35.5. The molecule has 74 heavy (non-hydrogen) atoms. The van der Waals surface area contributed by atoms with Crippen molar-refractivity contribution in [1.29, 1.82) is 0 Å². The largest absolute Gasteiger partial charge is 0.391 e. The molecule has 0 spiro atoms. The normalized spacial score (nSPS) is 20.6. The summed E-state index contributed by atoms with van der Waals surface area (Å²) in [6.45, 7) is 15.7. The molecule has 1 aromatic carbocycles. The van der Waals surface area contributed by atoms with Gasteiger partial charge in [0.2, 0.25) is 17.7 Å². The second kappa shape index (κ2) is 23.3. The Kier molecular flexibility index (Phi) is 16.9. The van der Waals surface area contributed by atoms with Gasteiger partial charge >= 0.3 is 0 Å². The Bertz CT molecular complexity index is 2750. The average Bonchev–Trinajstić information content (AvgIpc) is 4.15. The van der Waals surface area contributed by atoms with Gasteiger partial charge in [0.15, 0.2) is 5.82 Å². The Morgan fingerprint density at radius 2 is 1.68 bits per heavy atom. The summed E-state index contributed by atoms with van der Waals surface area (Å²) in [7, 11) is 0. The van der Waals surface area contributed by atoms with Crippen LogP contribution in [0.2, 0.25) is 5.02 Å². The smallest absolute Gasteiger partial charge is 0.248 e. The van der Waals surface area contributed by atoms with Crippen LogP contribution in [0.5, 0.6) is 0 Å². The first-order chi connectivity index (χ1) is 35.5. The lowest BCUT2D eigenvalue weighted by molar-refractivity contribution is -0.142. The minimum absolute atomic E-state index is 0.0539. The molecule has 8 heterocycles. The molecular formula is C52H69ClN14O5S2. The van der Waals surface area contributed by atoms with Crippen LogP contribution >= 0.6 is 34.7 Å². The highest BCUT2D eigenvalue weighted by molar-refractivity contribution is 7.99. The van der Waals surface area contributed by atoms with Crippen LogP contribution in [0, 0.1) is 25.7 Å². The number of likely N-dealkylation sites (tertiary alicyclic amines) is 1. The molecule has 4 aliphatic rings. The number of hydrogen-bond acceptors (Lipinski definition) is 17. The summed E-state index contributed by atoms with van der Waals surface area (Å²) in [5, 5.41) is 33.9. The number of piperidine rings is 2. The first-order valence-electron chi connectivity index (χ1n) is 25.8. The zero-order valence-corrected chi connectivity index (χ0v) is 45.3. The van der Waals surface area contributed by atoms with Crippen molar-refractivity contribution >= 4 is 64.1 Å². The molecule has 5 aromatic rings.